The standard InChI is InChI=1S/C13H21N5O2S/c1-4-5-14-13-15-10(3)11(18(19)20)12(16-13)17-6-7-21-9(2)8-17/h9H,4-8H2,1-3H3,(H,14,15,16). The SMILES string of the molecule is CCCNc1nc(C)c([N+](=O)[O-])c(N2CCSC(C)C2)n1. The van der Waals surface area contributed by atoms with E-state index in [1.165, 1.54) is 0 Å². The zero-order valence-corrected chi connectivity index (χ0v) is 13.4. The van der Waals surface area contributed by atoms with Crippen molar-refractivity contribution in [1.82, 2.24) is 9.97 Å². The molecule has 116 valence electrons. The van der Waals surface area contributed by atoms with Gasteiger partial charge in [0.15, 0.2) is 0 Å². The fraction of sp³-hybridized carbons (Fsp3) is 0.692. The van der Waals surface area contributed by atoms with E-state index in [0.29, 0.717) is 22.7 Å². The van der Waals surface area contributed by atoms with Gasteiger partial charge in [-0.25, -0.2) is 4.98 Å². The number of anilines is 2. The minimum Gasteiger partial charge on any atom is -0.354 e. The Morgan fingerprint density at radius 3 is 2.90 bits per heavy atom. The van der Waals surface area contributed by atoms with E-state index in [4.69, 9.17) is 0 Å². The lowest BCUT2D eigenvalue weighted by Gasteiger charge is -2.31. The quantitative estimate of drug-likeness (QED) is 0.660. The fourth-order valence-corrected chi connectivity index (χ4v) is 3.33. The summed E-state index contributed by atoms with van der Waals surface area (Å²) in [5.74, 6) is 1.87. The minimum atomic E-state index is -0.374. The highest BCUT2D eigenvalue weighted by atomic mass is 32.2. The summed E-state index contributed by atoms with van der Waals surface area (Å²) in [4.78, 5) is 21.6. The number of hydrogen-bond donors (Lipinski definition) is 1. The van der Waals surface area contributed by atoms with Gasteiger partial charge in [-0.05, 0) is 13.3 Å². The van der Waals surface area contributed by atoms with Crippen LogP contribution >= 0.6 is 11.8 Å². The van der Waals surface area contributed by atoms with Gasteiger partial charge in [0.2, 0.25) is 11.8 Å². The molecule has 0 radical (unpaired) electrons. The molecule has 0 amide bonds. The van der Waals surface area contributed by atoms with Crippen molar-refractivity contribution in [1.29, 1.82) is 0 Å². The summed E-state index contributed by atoms with van der Waals surface area (Å²) in [6, 6.07) is 0. The van der Waals surface area contributed by atoms with Crippen molar-refractivity contribution in [2.24, 2.45) is 0 Å². The molecule has 1 aromatic rings. The highest BCUT2D eigenvalue weighted by Crippen LogP contribution is 2.32. The van der Waals surface area contributed by atoms with Crippen LogP contribution in [0, 0.1) is 17.0 Å². The molecule has 1 saturated heterocycles. The summed E-state index contributed by atoms with van der Waals surface area (Å²) >= 11 is 1.88. The summed E-state index contributed by atoms with van der Waals surface area (Å²) in [5.41, 5.74) is 0.436. The van der Waals surface area contributed by atoms with Crippen LogP contribution in [0.1, 0.15) is 26.0 Å². The molecule has 1 aromatic heterocycles. The van der Waals surface area contributed by atoms with Crippen molar-refractivity contribution in [2.75, 3.05) is 35.6 Å². The average Bonchev–Trinajstić information content (AvgIpc) is 2.44. The zero-order valence-electron chi connectivity index (χ0n) is 12.6. The van der Waals surface area contributed by atoms with Crippen LogP contribution in [0.15, 0.2) is 0 Å². The van der Waals surface area contributed by atoms with Crippen molar-refractivity contribution in [3.05, 3.63) is 15.8 Å². The predicted molar refractivity (Wildman–Crippen MR) is 86.3 cm³/mol. The van der Waals surface area contributed by atoms with E-state index in [-0.39, 0.29) is 10.6 Å². The Morgan fingerprint density at radius 2 is 2.29 bits per heavy atom. The highest BCUT2D eigenvalue weighted by molar-refractivity contribution is 8.00. The normalized spacial score (nSPS) is 18.6. The number of aromatic nitrogens is 2. The molecule has 1 aliphatic rings. The fourth-order valence-electron chi connectivity index (χ4n) is 2.31. The number of hydrogen-bond acceptors (Lipinski definition) is 7. The maximum absolute atomic E-state index is 11.4. The summed E-state index contributed by atoms with van der Waals surface area (Å²) in [6.45, 7) is 8.16. The first-order valence-electron chi connectivity index (χ1n) is 7.16. The number of thioether (sulfide) groups is 1. The van der Waals surface area contributed by atoms with Gasteiger partial charge in [0.1, 0.15) is 5.69 Å². The molecule has 1 aliphatic heterocycles. The zero-order chi connectivity index (χ0) is 15.4. The molecule has 1 N–H and O–H groups in total. The van der Waals surface area contributed by atoms with Gasteiger partial charge in [0.05, 0.1) is 4.92 Å². The predicted octanol–water partition coefficient (Wildman–Crippen LogP) is 2.46. The molecular weight excluding hydrogens is 290 g/mol. The van der Waals surface area contributed by atoms with Crippen molar-refractivity contribution in [2.45, 2.75) is 32.4 Å². The molecule has 21 heavy (non-hydrogen) atoms. The van der Waals surface area contributed by atoms with Crippen LogP contribution in [0.2, 0.25) is 0 Å². The first kappa shape index (κ1) is 15.8. The Hall–Kier alpha value is -1.57. The molecule has 0 spiro atoms. The second-order valence-corrected chi connectivity index (χ2v) is 6.66. The second-order valence-electron chi connectivity index (χ2n) is 5.12. The molecule has 1 unspecified atom stereocenters. The molecule has 8 heteroatoms. The number of aryl methyl sites for hydroxylation is 1. The highest BCUT2D eigenvalue weighted by Gasteiger charge is 2.29. The van der Waals surface area contributed by atoms with Gasteiger partial charge in [-0.15, -0.1) is 0 Å². The molecule has 0 saturated carbocycles. The summed E-state index contributed by atoms with van der Waals surface area (Å²) < 4.78 is 0. The van der Waals surface area contributed by atoms with Gasteiger partial charge >= 0.3 is 5.69 Å². The lowest BCUT2D eigenvalue weighted by molar-refractivity contribution is -0.385. The first-order valence-corrected chi connectivity index (χ1v) is 8.21. The van der Waals surface area contributed by atoms with E-state index in [2.05, 4.69) is 29.1 Å². The Bertz CT molecular complexity index is 526. The van der Waals surface area contributed by atoms with Crippen molar-refractivity contribution < 1.29 is 4.92 Å². The first-order chi connectivity index (χ1) is 10.0. The monoisotopic (exact) mass is 311 g/mol. The molecular formula is C13H21N5O2S. The lowest BCUT2D eigenvalue weighted by Crippen LogP contribution is -2.37. The second kappa shape index (κ2) is 6.93. The van der Waals surface area contributed by atoms with Crippen molar-refractivity contribution in [3.63, 3.8) is 0 Å². The van der Waals surface area contributed by atoms with E-state index in [0.717, 1.165) is 31.8 Å². The van der Waals surface area contributed by atoms with Crippen LogP contribution in [0.5, 0.6) is 0 Å². The van der Waals surface area contributed by atoms with Crippen molar-refractivity contribution in [3.8, 4) is 0 Å². The topological polar surface area (TPSA) is 84.2 Å². The molecule has 0 aliphatic carbocycles. The van der Waals surface area contributed by atoms with Gasteiger partial charge < -0.3 is 10.2 Å². The molecule has 7 nitrogen and oxygen atoms in total. The van der Waals surface area contributed by atoms with Crippen molar-refractivity contribution >= 4 is 29.2 Å². The van der Waals surface area contributed by atoms with Crippen LogP contribution in [0.3, 0.4) is 0 Å². The number of nitrogens with one attached hydrogen (secondary N) is 1. The van der Waals surface area contributed by atoms with Gasteiger partial charge in [-0.3, -0.25) is 10.1 Å². The number of nitrogens with zero attached hydrogens (tertiary/aromatic N) is 4. The number of nitro groups is 1. The summed E-state index contributed by atoms with van der Waals surface area (Å²) in [5, 5.41) is 14.9. The van der Waals surface area contributed by atoms with Crippen LogP contribution in [0.4, 0.5) is 17.5 Å². The Kier molecular flexibility index (Phi) is 5.22. The van der Waals surface area contributed by atoms with Gasteiger partial charge in [0, 0.05) is 30.6 Å². The molecule has 0 bridgehead atoms. The third kappa shape index (κ3) is 3.75. The van der Waals surface area contributed by atoms with E-state index in [9.17, 15) is 10.1 Å². The van der Waals surface area contributed by atoms with Crippen LogP contribution in [-0.4, -0.2) is 45.5 Å². The molecule has 1 fully saturated rings. The maximum Gasteiger partial charge on any atom is 0.332 e. The molecule has 1 atom stereocenters. The molecule has 2 rings (SSSR count). The maximum atomic E-state index is 11.4. The van der Waals surface area contributed by atoms with E-state index < -0.39 is 0 Å². The Morgan fingerprint density at radius 1 is 1.52 bits per heavy atom. The molecule has 0 aromatic carbocycles. The van der Waals surface area contributed by atoms with E-state index in [1.807, 2.05) is 16.7 Å². The van der Waals surface area contributed by atoms with E-state index >= 15 is 0 Å². The van der Waals surface area contributed by atoms with E-state index in [1.54, 1.807) is 6.92 Å². The smallest absolute Gasteiger partial charge is 0.332 e. The van der Waals surface area contributed by atoms with Gasteiger partial charge in [-0.2, -0.15) is 16.7 Å². The van der Waals surface area contributed by atoms with Crippen LogP contribution in [0.25, 0.3) is 0 Å². The average molecular weight is 311 g/mol. The van der Waals surface area contributed by atoms with Gasteiger partial charge in [-0.1, -0.05) is 13.8 Å². The third-order valence-corrected chi connectivity index (χ3v) is 4.43. The Labute approximate surface area is 128 Å². The summed E-state index contributed by atoms with van der Waals surface area (Å²) in [7, 11) is 0. The Balaban J connectivity index is 2.39. The van der Waals surface area contributed by atoms with Gasteiger partial charge in [0.25, 0.3) is 0 Å². The van der Waals surface area contributed by atoms with Crippen LogP contribution in [-0.2, 0) is 0 Å². The minimum absolute atomic E-state index is 0.0242. The third-order valence-electron chi connectivity index (χ3n) is 3.30. The lowest BCUT2D eigenvalue weighted by atomic mass is 10.3. The number of rotatable bonds is 5. The molecule has 2 heterocycles. The van der Waals surface area contributed by atoms with Crippen LogP contribution < -0.4 is 10.2 Å². The largest absolute Gasteiger partial charge is 0.354 e. The summed E-state index contributed by atoms with van der Waals surface area (Å²) in [6.07, 6.45) is 0.951.